The van der Waals surface area contributed by atoms with Gasteiger partial charge in [-0.25, -0.2) is 0 Å². The van der Waals surface area contributed by atoms with Crippen LogP contribution < -0.4 is 10.1 Å². The summed E-state index contributed by atoms with van der Waals surface area (Å²) < 4.78 is 6.62. The predicted molar refractivity (Wildman–Crippen MR) is 91.7 cm³/mol. The van der Waals surface area contributed by atoms with Gasteiger partial charge in [0.25, 0.3) is 0 Å². The van der Waals surface area contributed by atoms with Crippen LogP contribution in [0.15, 0.2) is 36.4 Å². The van der Waals surface area contributed by atoms with Gasteiger partial charge in [0.05, 0.1) is 16.5 Å². The van der Waals surface area contributed by atoms with Crippen LogP contribution in [0.2, 0.25) is 4.34 Å². The molecule has 4 heteroatoms. The molecule has 0 spiro atoms. The molecule has 0 fully saturated rings. The molecular formula is C17H22ClNOS. The highest BCUT2D eigenvalue weighted by Crippen LogP contribution is 2.32. The normalized spacial score (nSPS) is 12.6. The molecule has 1 N–H and O–H groups in total. The first-order valence-electron chi connectivity index (χ1n) is 7.35. The lowest BCUT2D eigenvalue weighted by atomic mass is 10.0. The van der Waals surface area contributed by atoms with Gasteiger partial charge in [-0.3, -0.25) is 0 Å². The van der Waals surface area contributed by atoms with Crippen LogP contribution in [0.3, 0.4) is 0 Å². The number of ether oxygens (including phenoxy) is 1. The smallest absolute Gasteiger partial charge is 0.120 e. The van der Waals surface area contributed by atoms with Crippen molar-refractivity contribution in [3.05, 3.63) is 51.2 Å². The third-order valence-electron chi connectivity index (χ3n) is 3.04. The minimum atomic E-state index is 0.165. The summed E-state index contributed by atoms with van der Waals surface area (Å²) in [5.41, 5.74) is 1.21. The average Bonchev–Trinajstić information content (AvgIpc) is 2.85. The Morgan fingerprint density at radius 2 is 2.05 bits per heavy atom. The first-order chi connectivity index (χ1) is 10.1. The first-order valence-corrected chi connectivity index (χ1v) is 8.54. The summed E-state index contributed by atoms with van der Waals surface area (Å²) in [6, 6.07) is 12.5. The molecule has 21 heavy (non-hydrogen) atoms. The minimum absolute atomic E-state index is 0.165. The van der Waals surface area contributed by atoms with Crippen LogP contribution in [0.1, 0.15) is 43.7 Å². The van der Waals surface area contributed by atoms with E-state index in [4.69, 9.17) is 16.3 Å². The van der Waals surface area contributed by atoms with Gasteiger partial charge in [0.15, 0.2) is 0 Å². The molecule has 1 aromatic carbocycles. The Balaban J connectivity index is 2.27. The first kappa shape index (κ1) is 16.3. The van der Waals surface area contributed by atoms with Crippen LogP contribution in [-0.4, -0.2) is 12.6 Å². The van der Waals surface area contributed by atoms with Gasteiger partial charge in [0.2, 0.25) is 0 Å². The fourth-order valence-corrected chi connectivity index (χ4v) is 3.36. The summed E-state index contributed by atoms with van der Waals surface area (Å²) in [5, 5.41) is 3.59. The van der Waals surface area contributed by atoms with E-state index in [1.165, 1.54) is 10.4 Å². The van der Waals surface area contributed by atoms with E-state index in [0.717, 1.165) is 23.1 Å². The zero-order valence-electron chi connectivity index (χ0n) is 12.7. The third kappa shape index (κ3) is 4.73. The minimum Gasteiger partial charge on any atom is -0.491 e. The van der Waals surface area contributed by atoms with Crippen LogP contribution in [0.4, 0.5) is 0 Å². The van der Waals surface area contributed by atoms with Crippen molar-refractivity contribution in [3.8, 4) is 5.75 Å². The molecule has 2 aromatic rings. The molecule has 0 saturated heterocycles. The van der Waals surface area contributed by atoms with Crippen molar-refractivity contribution in [2.45, 2.75) is 39.3 Å². The van der Waals surface area contributed by atoms with Gasteiger partial charge in [-0.2, -0.15) is 0 Å². The Morgan fingerprint density at radius 1 is 1.24 bits per heavy atom. The van der Waals surface area contributed by atoms with E-state index < -0.39 is 0 Å². The van der Waals surface area contributed by atoms with Crippen molar-refractivity contribution in [1.82, 2.24) is 5.32 Å². The van der Waals surface area contributed by atoms with Crippen molar-refractivity contribution in [2.24, 2.45) is 0 Å². The molecule has 114 valence electrons. The topological polar surface area (TPSA) is 21.3 Å². The molecule has 0 aliphatic carbocycles. The highest BCUT2D eigenvalue weighted by Gasteiger charge is 2.16. The Hall–Kier alpha value is -1.03. The molecule has 1 atom stereocenters. The lowest BCUT2D eigenvalue weighted by Crippen LogP contribution is -2.22. The van der Waals surface area contributed by atoms with E-state index in [0.29, 0.717) is 0 Å². The summed E-state index contributed by atoms with van der Waals surface area (Å²) in [4.78, 5) is 1.23. The monoisotopic (exact) mass is 323 g/mol. The fraction of sp³-hybridized carbons (Fsp3) is 0.412. The molecule has 1 heterocycles. The van der Waals surface area contributed by atoms with Crippen LogP contribution in [-0.2, 0) is 0 Å². The third-order valence-corrected chi connectivity index (χ3v) is 4.34. The van der Waals surface area contributed by atoms with E-state index in [2.05, 4.69) is 30.4 Å². The average molecular weight is 324 g/mol. The molecule has 2 rings (SSSR count). The molecule has 1 aromatic heterocycles. The summed E-state index contributed by atoms with van der Waals surface area (Å²) in [6.07, 6.45) is 1.27. The van der Waals surface area contributed by atoms with Crippen molar-refractivity contribution >= 4 is 22.9 Å². The summed E-state index contributed by atoms with van der Waals surface area (Å²) in [5.74, 6) is 0.911. The standard InChI is InChI=1S/C17H22ClNOS/c1-4-10-19-17(15-8-9-16(18)21-15)13-6-5-7-14(11-13)20-12(2)3/h5-9,11-12,17,19H,4,10H2,1-3H3. The highest BCUT2D eigenvalue weighted by molar-refractivity contribution is 7.16. The molecule has 1 unspecified atom stereocenters. The second-order valence-electron chi connectivity index (χ2n) is 5.27. The maximum atomic E-state index is 6.09. The van der Waals surface area contributed by atoms with E-state index in [-0.39, 0.29) is 12.1 Å². The molecule has 0 aliphatic rings. The van der Waals surface area contributed by atoms with Crippen LogP contribution in [0.25, 0.3) is 0 Å². The molecule has 0 aliphatic heterocycles. The number of thiophene rings is 1. The molecular weight excluding hydrogens is 302 g/mol. The zero-order chi connectivity index (χ0) is 15.2. The lowest BCUT2D eigenvalue weighted by molar-refractivity contribution is 0.242. The molecule has 0 radical (unpaired) electrons. The largest absolute Gasteiger partial charge is 0.491 e. The quantitative estimate of drug-likeness (QED) is 0.748. The number of benzene rings is 1. The Kier molecular flexibility index (Phi) is 6.09. The number of hydrogen-bond donors (Lipinski definition) is 1. The Bertz CT molecular complexity index is 567. The van der Waals surface area contributed by atoms with Crippen molar-refractivity contribution in [2.75, 3.05) is 6.54 Å². The van der Waals surface area contributed by atoms with Gasteiger partial charge < -0.3 is 10.1 Å². The van der Waals surface area contributed by atoms with Gasteiger partial charge >= 0.3 is 0 Å². The summed E-state index contributed by atoms with van der Waals surface area (Å²) >= 11 is 7.72. The predicted octanol–water partition coefficient (Wildman–Crippen LogP) is 5.28. The van der Waals surface area contributed by atoms with Gasteiger partial charge in [-0.1, -0.05) is 30.7 Å². The van der Waals surface area contributed by atoms with Gasteiger partial charge in [-0.15, -0.1) is 11.3 Å². The van der Waals surface area contributed by atoms with E-state index in [1.807, 2.05) is 32.0 Å². The molecule has 0 amide bonds. The number of nitrogens with one attached hydrogen (secondary N) is 1. The van der Waals surface area contributed by atoms with Crippen LogP contribution in [0.5, 0.6) is 5.75 Å². The van der Waals surface area contributed by atoms with Gasteiger partial charge in [0.1, 0.15) is 5.75 Å². The SMILES string of the molecule is CCCNC(c1cccc(OC(C)C)c1)c1ccc(Cl)s1. The summed E-state index contributed by atoms with van der Waals surface area (Å²) in [7, 11) is 0. The molecule has 2 nitrogen and oxygen atoms in total. The van der Waals surface area contributed by atoms with Crippen molar-refractivity contribution in [1.29, 1.82) is 0 Å². The maximum Gasteiger partial charge on any atom is 0.120 e. The Morgan fingerprint density at radius 3 is 2.67 bits per heavy atom. The fourth-order valence-electron chi connectivity index (χ4n) is 2.19. The van der Waals surface area contributed by atoms with Crippen LogP contribution >= 0.6 is 22.9 Å². The molecule has 0 saturated carbocycles. The number of halogens is 1. The van der Waals surface area contributed by atoms with E-state index in [9.17, 15) is 0 Å². The lowest BCUT2D eigenvalue weighted by Gasteiger charge is -2.19. The second-order valence-corrected chi connectivity index (χ2v) is 7.01. The van der Waals surface area contributed by atoms with E-state index >= 15 is 0 Å². The zero-order valence-corrected chi connectivity index (χ0v) is 14.3. The van der Waals surface area contributed by atoms with E-state index in [1.54, 1.807) is 11.3 Å². The molecule has 0 bridgehead atoms. The number of rotatable bonds is 7. The van der Waals surface area contributed by atoms with Crippen molar-refractivity contribution < 1.29 is 4.74 Å². The van der Waals surface area contributed by atoms with Crippen LogP contribution in [0, 0.1) is 0 Å². The van der Waals surface area contributed by atoms with Crippen molar-refractivity contribution in [3.63, 3.8) is 0 Å². The second kappa shape index (κ2) is 7.83. The summed E-state index contributed by atoms with van der Waals surface area (Å²) in [6.45, 7) is 7.22. The Labute approximate surface area is 136 Å². The van der Waals surface area contributed by atoms with Gasteiger partial charge in [-0.05, 0) is 56.6 Å². The maximum absolute atomic E-state index is 6.09. The number of hydrogen-bond acceptors (Lipinski definition) is 3. The van der Waals surface area contributed by atoms with Gasteiger partial charge in [0, 0.05) is 4.88 Å². The highest BCUT2D eigenvalue weighted by atomic mass is 35.5.